The molecule has 24 heavy (non-hydrogen) atoms. The maximum absolute atomic E-state index is 12.5. The van der Waals surface area contributed by atoms with E-state index in [4.69, 9.17) is 0 Å². The average Bonchev–Trinajstić information content (AvgIpc) is 2.61. The fourth-order valence-corrected chi connectivity index (χ4v) is 3.18. The molecule has 2 rings (SSSR count). The van der Waals surface area contributed by atoms with Crippen LogP contribution in [-0.2, 0) is 11.3 Å². The molecule has 0 unspecified atom stereocenters. The minimum Gasteiger partial charge on any atom is -0.370 e. The molecule has 0 spiro atoms. The molecule has 1 aromatic heterocycles. The van der Waals surface area contributed by atoms with Crippen LogP contribution in [0.25, 0.3) is 0 Å². The summed E-state index contributed by atoms with van der Waals surface area (Å²) in [5.41, 5.74) is 0.824. The van der Waals surface area contributed by atoms with Gasteiger partial charge in [0.1, 0.15) is 0 Å². The average molecular weight is 334 g/mol. The van der Waals surface area contributed by atoms with Crippen molar-refractivity contribution in [2.24, 2.45) is 5.92 Å². The Morgan fingerprint density at radius 2 is 2.00 bits per heavy atom. The molecule has 0 bridgehead atoms. The highest BCUT2D eigenvalue weighted by atomic mass is 16.2. The summed E-state index contributed by atoms with van der Waals surface area (Å²) in [6, 6.07) is 1.66. The van der Waals surface area contributed by atoms with Gasteiger partial charge in [-0.25, -0.2) is 4.68 Å². The molecule has 0 saturated carbocycles. The Balaban J connectivity index is 1.91. The Labute approximate surface area is 144 Å². The third kappa shape index (κ3) is 4.58. The van der Waals surface area contributed by atoms with Gasteiger partial charge in [0, 0.05) is 45.2 Å². The van der Waals surface area contributed by atoms with Crippen molar-refractivity contribution in [3.63, 3.8) is 0 Å². The number of unbranched alkanes of at least 4 members (excludes halogenated alkanes) is 1. The summed E-state index contributed by atoms with van der Waals surface area (Å²) in [7, 11) is 1.90. The number of amides is 1. The van der Waals surface area contributed by atoms with E-state index < -0.39 is 0 Å². The van der Waals surface area contributed by atoms with Gasteiger partial charge in [-0.15, -0.1) is 0 Å². The molecule has 6 heteroatoms. The number of nitrogens with zero attached hydrogens (tertiary/aromatic N) is 4. The van der Waals surface area contributed by atoms with Crippen LogP contribution in [-0.4, -0.2) is 47.3 Å². The molecule has 134 valence electrons. The van der Waals surface area contributed by atoms with Crippen LogP contribution in [0.4, 0.5) is 5.69 Å². The van der Waals surface area contributed by atoms with E-state index in [2.05, 4.69) is 16.9 Å². The predicted molar refractivity (Wildman–Crippen MR) is 96.3 cm³/mol. The number of hydrogen-bond acceptors (Lipinski definition) is 4. The third-order valence-electron chi connectivity index (χ3n) is 4.72. The molecular formula is C18H30N4O2. The highest BCUT2D eigenvalue weighted by Crippen LogP contribution is 2.23. The smallest absolute Gasteiger partial charge is 0.268 e. The van der Waals surface area contributed by atoms with E-state index in [1.54, 1.807) is 12.3 Å². The van der Waals surface area contributed by atoms with E-state index in [9.17, 15) is 9.59 Å². The van der Waals surface area contributed by atoms with Crippen molar-refractivity contribution >= 4 is 11.6 Å². The summed E-state index contributed by atoms with van der Waals surface area (Å²) >= 11 is 0. The largest absolute Gasteiger partial charge is 0.370 e. The molecule has 0 aliphatic carbocycles. The van der Waals surface area contributed by atoms with E-state index in [-0.39, 0.29) is 17.4 Å². The van der Waals surface area contributed by atoms with Crippen LogP contribution < -0.4 is 10.5 Å². The van der Waals surface area contributed by atoms with Gasteiger partial charge < -0.3 is 9.80 Å². The van der Waals surface area contributed by atoms with E-state index in [0.717, 1.165) is 57.4 Å². The van der Waals surface area contributed by atoms with E-state index in [1.165, 1.54) is 4.68 Å². The zero-order valence-corrected chi connectivity index (χ0v) is 15.2. The van der Waals surface area contributed by atoms with E-state index in [0.29, 0.717) is 6.54 Å². The first kappa shape index (κ1) is 18.5. The first-order valence-corrected chi connectivity index (χ1v) is 9.13. The first-order valence-electron chi connectivity index (χ1n) is 9.13. The molecule has 0 atom stereocenters. The molecular weight excluding hydrogens is 304 g/mol. The summed E-state index contributed by atoms with van der Waals surface area (Å²) < 4.78 is 1.50. The summed E-state index contributed by atoms with van der Waals surface area (Å²) in [4.78, 5) is 28.5. The number of carbonyl (C=O) groups is 1. The Bertz CT molecular complexity index is 591. The highest BCUT2D eigenvalue weighted by Gasteiger charge is 2.27. The quantitative estimate of drug-likeness (QED) is 0.766. The van der Waals surface area contributed by atoms with Gasteiger partial charge in [-0.05, 0) is 25.7 Å². The molecule has 0 aromatic carbocycles. The minimum atomic E-state index is -0.0492. The summed E-state index contributed by atoms with van der Waals surface area (Å²) in [5.74, 6) is 0.371. The normalized spacial score (nSPS) is 15.5. The SMILES string of the molecule is CCCCN(C)C(=O)C1CCN(c2cnn(CCC)c(=O)c2)CC1. The molecule has 1 aliphatic rings. The van der Waals surface area contributed by atoms with Gasteiger partial charge in [-0.2, -0.15) is 5.10 Å². The molecule has 1 aromatic rings. The Hall–Kier alpha value is -1.85. The number of hydrogen-bond donors (Lipinski definition) is 0. The minimum absolute atomic E-state index is 0.0492. The monoisotopic (exact) mass is 334 g/mol. The second-order valence-corrected chi connectivity index (χ2v) is 6.65. The predicted octanol–water partition coefficient (Wildman–Crippen LogP) is 2.13. The van der Waals surface area contributed by atoms with Crippen LogP contribution in [0.3, 0.4) is 0 Å². The lowest BCUT2D eigenvalue weighted by Gasteiger charge is -2.34. The fourth-order valence-electron chi connectivity index (χ4n) is 3.18. The Morgan fingerprint density at radius 3 is 2.58 bits per heavy atom. The van der Waals surface area contributed by atoms with Gasteiger partial charge >= 0.3 is 0 Å². The van der Waals surface area contributed by atoms with Crippen LogP contribution in [0.2, 0.25) is 0 Å². The highest BCUT2D eigenvalue weighted by molar-refractivity contribution is 5.78. The Kier molecular flexibility index (Phi) is 6.82. The van der Waals surface area contributed by atoms with Gasteiger partial charge in [-0.1, -0.05) is 20.3 Å². The lowest BCUT2D eigenvalue weighted by molar-refractivity contribution is -0.134. The maximum Gasteiger partial charge on any atom is 0.268 e. The van der Waals surface area contributed by atoms with Crippen LogP contribution in [0.5, 0.6) is 0 Å². The second-order valence-electron chi connectivity index (χ2n) is 6.65. The molecule has 1 saturated heterocycles. The zero-order valence-electron chi connectivity index (χ0n) is 15.2. The van der Waals surface area contributed by atoms with Gasteiger partial charge in [0.15, 0.2) is 0 Å². The van der Waals surface area contributed by atoms with Crippen LogP contribution >= 0.6 is 0 Å². The lowest BCUT2D eigenvalue weighted by atomic mass is 9.95. The van der Waals surface area contributed by atoms with Gasteiger partial charge in [0.25, 0.3) is 5.56 Å². The van der Waals surface area contributed by atoms with E-state index in [1.807, 2.05) is 18.9 Å². The summed E-state index contributed by atoms with van der Waals surface area (Å²) in [6.45, 7) is 7.27. The summed E-state index contributed by atoms with van der Waals surface area (Å²) in [6.07, 6.45) is 6.51. The molecule has 1 amide bonds. The maximum atomic E-state index is 12.5. The van der Waals surface area contributed by atoms with Crippen LogP contribution in [0, 0.1) is 5.92 Å². The second kappa shape index (κ2) is 8.85. The molecule has 1 aliphatic heterocycles. The number of carbonyl (C=O) groups excluding carboxylic acids is 1. The van der Waals surface area contributed by atoms with Crippen molar-refractivity contribution in [3.8, 4) is 0 Å². The third-order valence-corrected chi connectivity index (χ3v) is 4.72. The molecule has 6 nitrogen and oxygen atoms in total. The first-order chi connectivity index (χ1) is 11.6. The van der Waals surface area contributed by atoms with Gasteiger partial charge in [-0.3, -0.25) is 9.59 Å². The summed E-state index contributed by atoms with van der Waals surface area (Å²) in [5, 5.41) is 4.25. The molecule has 0 N–H and O–H groups in total. The van der Waals surface area contributed by atoms with Crippen molar-refractivity contribution in [3.05, 3.63) is 22.6 Å². The Morgan fingerprint density at radius 1 is 1.29 bits per heavy atom. The number of anilines is 1. The van der Waals surface area contributed by atoms with Crippen molar-refractivity contribution in [2.45, 2.75) is 52.5 Å². The van der Waals surface area contributed by atoms with Crippen molar-refractivity contribution in [1.29, 1.82) is 0 Å². The van der Waals surface area contributed by atoms with Gasteiger partial charge in [0.2, 0.25) is 5.91 Å². The number of aryl methyl sites for hydroxylation is 1. The number of aromatic nitrogens is 2. The molecule has 1 fully saturated rings. The lowest BCUT2D eigenvalue weighted by Crippen LogP contribution is -2.42. The van der Waals surface area contributed by atoms with E-state index >= 15 is 0 Å². The van der Waals surface area contributed by atoms with Crippen molar-refractivity contribution in [1.82, 2.24) is 14.7 Å². The van der Waals surface area contributed by atoms with Crippen molar-refractivity contribution < 1.29 is 4.79 Å². The topological polar surface area (TPSA) is 58.4 Å². The fraction of sp³-hybridized carbons (Fsp3) is 0.722. The standard InChI is InChI=1S/C18H30N4O2/c1-4-6-10-20(3)18(24)15-7-11-21(12-8-15)16-13-17(23)22(9-5-2)19-14-16/h13-15H,4-12H2,1-3H3. The van der Waals surface area contributed by atoms with Crippen LogP contribution in [0.15, 0.2) is 17.1 Å². The molecule has 2 heterocycles. The number of rotatable bonds is 7. The zero-order chi connectivity index (χ0) is 17.5. The van der Waals surface area contributed by atoms with Crippen LogP contribution in [0.1, 0.15) is 46.0 Å². The number of piperidine rings is 1. The van der Waals surface area contributed by atoms with Gasteiger partial charge in [0.05, 0.1) is 11.9 Å². The van der Waals surface area contributed by atoms with Crippen molar-refractivity contribution in [2.75, 3.05) is 31.6 Å². The molecule has 0 radical (unpaired) electrons.